The van der Waals surface area contributed by atoms with Crippen molar-refractivity contribution in [2.75, 3.05) is 31.5 Å². The zero-order chi connectivity index (χ0) is 12.8. The van der Waals surface area contributed by atoms with Gasteiger partial charge >= 0.3 is 0 Å². The fourth-order valence-corrected chi connectivity index (χ4v) is 2.65. The molecule has 4 nitrogen and oxygen atoms in total. The topological polar surface area (TPSA) is 33.1 Å². The summed E-state index contributed by atoms with van der Waals surface area (Å²) in [5.74, 6) is 1.02. The first-order valence-corrected chi connectivity index (χ1v) is 7.30. The van der Waals surface area contributed by atoms with Gasteiger partial charge in [0.2, 0.25) is 5.95 Å². The Balaban J connectivity index is 1.90. The Labute approximate surface area is 110 Å². The van der Waals surface area contributed by atoms with E-state index in [1.165, 1.54) is 32.4 Å². The first-order chi connectivity index (χ1) is 8.81. The molecule has 2 heterocycles. The van der Waals surface area contributed by atoms with E-state index in [0.717, 1.165) is 25.5 Å². The molecular weight excluding hydrogens is 224 g/mol. The summed E-state index contributed by atoms with van der Waals surface area (Å²) < 4.78 is 2.27. The SMILES string of the molecule is CCCNc1nccn1C(C)CN1CCCCC1. The van der Waals surface area contributed by atoms with Crippen molar-refractivity contribution < 1.29 is 0 Å². The third kappa shape index (κ3) is 3.48. The lowest BCUT2D eigenvalue weighted by molar-refractivity contribution is 0.202. The number of rotatable bonds is 6. The molecule has 1 aromatic heterocycles. The molecule has 1 aliphatic rings. The smallest absolute Gasteiger partial charge is 0.203 e. The minimum absolute atomic E-state index is 0.491. The van der Waals surface area contributed by atoms with Crippen LogP contribution in [0.4, 0.5) is 5.95 Å². The number of hydrogen-bond acceptors (Lipinski definition) is 3. The minimum atomic E-state index is 0.491. The minimum Gasteiger partial charge on any atom is -0.356 e. The lowest BCUT2D eigenvalue weighted by Gasteiger charge is -2.30. The van der Waals surface area contributed by atoms with Gasteiger partial charge in [0.25, 0.3) is 0 Å². The molecule has 0 aliphatic carbocycles. The second-order valence-corrected chi connectivity index (χ2v) is 5.30. The summed E-state index contributed by atoms with van der Waals surface area (Å²) in [6.07, 6.45) is 9.24. The monoisotopic (exact) mass is 250 g/mol. The Morgan fingerprint density at radius 2 is 2.11 bits per heavy atom. The van der Waals surface area contributed by atoms with E-state index in [4.69, 9.17) is 0 Å². The number of piperidine rings is 1. The number of hydrogen-bond donors (Lipinski definition) is 1. The van der Waals surface area contributed by atoms with Gasteiger partial charge in [-0.3, -0.25) is 0 Å². The van der Waals surface area contributed by atoms with Gasteiger partial charge in [-0.25, -0.2) is 4.98 Å². The van der Waals surface area contributed by atoms with E-state index in [0.29, 0.717) is 6.04 Å². The first kappa shape index (κ1) is 13.4. The maximum absolute atomic E-state index is 4.40. The highest BCUT2D eigenvalue weighted by molar-refractivity contribution is 5.26. The number of aromatic nitrogens is 2. The van der Waals surface area contributed by atoms with E-state index in [-0.39, 0.29) is 0 Å². The highest BCUT2D eigenvalue weighted by Gasteiger charge is 2.16. The molecule has 1 fully saturated rings. The zero-order valence-corrected chi connectivity index (χ0v) is 11.7. The average molecular weight is 250 g/mol. The Hall–Kier alpha value is -1.03. The van der Waals surface area contributed by atoms with E-state index in [1.807, 2.05) is 6.20 Å². The Morgan fingerprint density at radius 3 is 2.83 bits per heavy atom. The molecule has 0 amide bonds. The second kappa shape index (κ2) is 6.78. The van der Waals surface area contributed by atoms with Crippen molar-refractivity contribution in [3.8, 4) is 0 Å². The van der Waals surface area contributed by atoms with E-state index < -0.39 is 0 Å². The fourth-order valence-electron chi connectivity index (χ4n) is 2.65. The molecule has 1 N–H and O–H groups in total. The maximum atomic E-state index is 4.40. The second-order valence-electron chi connectivity index (χ2n) is 5.30. The number of anilines is 1. The predicted octanol–water partition coefficient (Wildman–Crippen LogP) is 2.75. The fraction of sp³-hybridized carbons (Fsp3) is 0.786. The number of imidazole rings is 1. The van der Waals surface area contributed by atoms with Crippen LogP contribution in [0.5, 0.6) is 0 Å². The van der Waals surface area contributed by atoms with Gasteiger partial charge in [0.1, 0.15) is 0 Å². The molecule has 1 atom stereocenters. The van der Waals surface area contributed by atoms with E-state index in [2.05, 4.69) is 39.8 Å². The van der Waals surface area contributed by atoms with E-state index in [1.54, 1.807) is 0 Å². The predicted molar refractivity (Wildman–Crippen MR) is 76.0 cm³/mol. The van der Waals surface area contributed by atoms with Gasteiger partial charge in [0, 0.05) is 31.5 Å². The van der Waals surface area contributed by atoms with Gasteiger partial charge in [0.15, 0.2) is 0 Å². The summed E-state index contributed by atoms with van der Waals surface area (Å²) in [6, 6.07) is 0.491. The van der Waals surface area contributed by atoms with Gasteiger partial charge in [-0.15, -0.1) is 0 Å². The Kier molecular flexibility index (Phi) is 5.05. The number of nitrogens with zero attached hydrogens (tertiary/aromatic N) is 3. The molecule has 0 radical (unpaired) electrons. The Bertz CT molecular complexity index is 341. The molecule has 1 saturated heterocycles. The van der Waals surface area contributed by atoms with Gasteiger partial charge in [-0.2, -0.15) is 0 Å². The van der Waals surface area contributed by atoms with Crippen LogP contribution in [0.3, 0.4) is 0 Å². The van der Waals surface area contributed by atoms with Crippen LogP contribution in [0.15, 0.2) is 12.4 Å². The highest BCUT2D eigenvalue weighted by atomic mass is 15.2. The van der Waals surface area contributed by atoms with Gasteiger partial charge in [0.05, 0.1) is 0 Å². The molecule has 4 heteroatoms. The summed E-state index contributed by atoms with van der Waals surface area (Å²) in [5.41, 5.74) is 0. The highest BCUT2D eigenvalue weighted by Crippen LogP contribution is 2.17. The normalized spacial score (nSPS) is 18.8. The van der Waals surface area contributed by atoms with Crippen molar-refractivity contribution in [1.29, 1.82) is 0 Å². The first-order valence-electron chi connectivity index (χ1n) is 7.30. The van der Waals surface area contributed by atoms with Crippen LogP contribution >= 0.6 is 0 Å². The van der Waals surface area contributed by atoms with Crippen LogP contribution in [-0.2, 0) is 0 Å². The third-order valence-corrected chi connectivity index (χ3v) is 3.65. The molecule has 1 aromatic rings. The summed E-state index contributed by atoms with van der Waals surface area (Å²) in [6.45, 7) is 9.11. The van der Waals surface area contributed by atoms with Crippen LogP contribution in [0.2, 0.25) is 0 Å². The molecule has 102 valence electrons. The van der Waals surface area contributed by atoms with Crippen molar-refractivity contribution in [2.24, 2.45) is 0 Å². The van der Waals surface area contributed by atoms with E-state index >= 15 is 0 Å². The van der Waals surface area contributed by atoms with Crippen LogP contribution in [0.25, 0.3) is 0 Å². The van der Waals surface area contributed by atoms with Gasteiger partial charge in [-0.1, -0.05) is 13.3 Å². The molecule has 0 spiro atoms. The molecule has 0 bridgehead atoms. The average Bonchev–Trinajstić information content (AvgIpc) is 2.86. The summed E-state index contributed by atoms with van der Waals surface area (Å²) in [5, 5.41) is 3.39. The summed E-state index contributed by atoms with van der Waals surface area (Å²) in [7, 11) is 0. The lowest BCUT2D eigenvalue weighted by Crippen LogP contribution is -2.34. The van der Waals surface area contributed by atoms with E-state index in [9.17, 15) is 0 Å². The van der Waals surface area contributed by atoms with Crippen molar-refractivity contribution in [1.82, 2.24) is 14.5 Å². The number of likely N-dealkylation sites (tertiary alicyclic amines) is 1. The summed E-state index contributed by atoms with van der Waals surface area (Å²) >= 11 is 0. The largest absolute Gasteiger partial charge is 0.356 e. The molecule has 18 heavy (non-hydrogen) atoms. The third-order valence-electron chi connectivity index (χ3n) is 3.65. The molecule has 1 unspecified atom stereocenters. The van der Waals surface area contributed by atoms with Gasteiger partial charge < -0.3 is 14.8 Å². The molecular formula is C14H26N4. The molecule has 1 aliphatic heterocycles. The van der Waals surface area contributed by atoms with Crippen LogP contribution < -0.4 is 5.32 Å². The molecule has 0 aromatic carbocycles. The lowest BCUT2D eigenvalue weighted by atomic mass is 10.1. The quantitative estimate of drug-likeness (QED) is 0.842. The number of nitrogens with one attached hydrogen (secondary N) is 1. The molecule has 0 saturated carbocycles. The van der Waals surface area contributed by atoms with Crippen LogP contribution in [0.1, 0.15) is 45.6 Å². The summed E-state index contributed by atoms with van der Waals surface area (Å²) in [4.78, 5) is 6.98. The van der Waals surface area contributed by atoms with Crippen molar-refractivity contribution in [2.45, 2.75) is 45.6 Å². The van der Waals surface area contributed by atoms with Crippen LogP contribution in [-0.4, -0.2) is 40.6 Å². The van der Waals surface area contributed by atoms with Crippen molar-refractivity contribution in [3.05, 3.63) is 12.4 Å². The maximum Gasteiger partial charge on any atom is 0.203 e. The standard InChI is InChI=1S/C14H26N4/c1-3-7-15-14-16-8-11-18(14)13(2)12-17-9-5-4-6-10-17/h8,11,13H,3-7,9-10,12H2,1-2H3,(H,15,16). The van der Waals surface area contributed by atoms with Gasteiger partial charge in [-0.05, 0) is 39.3 Å². The Morgan fingerprint density at radius 1 is 1.33 bits per heavy atom. The van der Waals surface area contributed by atoms with Crippen molar-refractivity contribution in [3.63, 3.8) is 0 Å². The van der Waals surface area contributed by atoms with Crippen molar-refractivity contribution >= 4 is 5.95 Å². The zero-order valence-electron chi connectivity index (χ0n) is 11.7. The molecule has 2 rings (SSSR count). The van der Waals surface area contributed by atoms with Crippen LogP contribution in [0, 0.1) is 0 Å².